The Balaban J connectivity index is 1.78. The van der Waals surface area contributed by atoms with Gasteiger partial charge in [-0.15, -0.1) is 0 Å². The van der Waals surface area contributed by atoms with Crippen molar-refractivity contribution in [2.45, 2.75) is 64.7 Å². The van der Waals surface area contributed by atoms with E-state index in [-0.39, 0.29) is 5.78 Å². The van der Waals surface area contributed by atoms with Gasteiger partial charge in [0.1, 0.15) is 0 Å². The van der Waals surface area contributed by atoms with E-state index in [4.69, 9.17) is 4.74 Å². The summed E-state index contributed by atoms with van der Waals surface area (Å²) in [5.41, 5.74) is 0. The first-order valence-electron chi connectivity index (χ1n) is 8.58. The van der Waals surface area contributed by atoms with Crippen molar-refractivity contribution < 1.29 is 9.53 Å². The maximum atomic E-state index is 11.1. The van der Waals surface area contributed by atoms with Gasteiger partial charge in [-0.05, 0) is 58.2 Å². The Morgan fingerprint density at radius 1 is 1.00 bits per heavy atom. The molecule has 0 bridgehead atoms. The molecule has 0 aromatic carbocycles. The summed E-state index contributed by atoms with van der Waals surface area (Å²) >= 11 is 0. The van der Waals surface area contributed by atoms with Gasteiger partial charge in [-0.1, -0.05) is 31.6 Å². The number of nitrogens with zero attached hydrogens (tertiary/aromatic N) is 1. The van der Waals surface area contributed by atoms with Crippen molar-refractivity contribution in [3.8, 4) is 11.8 Å². The van der Waals surface area contributed by atoms with Crippen LogP contribution in [0.5, 0.6) is 0 Å². The molecule has 0 saturated carbocycles. The summed E-state index contributed by atoms with van der Waals surface area (Å²) in [6, 6.07) is 0. The van der Waals surface area contributed by atoms with Crippen LogP contribution in [0.1, 0.15) is 64.7 Å². The number of carbonyl (C=O) groups is 1. The number of ketones is 1. The van der Waals surface area contributed by atoms with Gasteiger partial charge in [0.15, 0.2) is 0 Å². The fourth-order valence-corrected chi connectivity index (χ4v) is 2.72. The molecule has 120 valence electrons. The molecular formula is C18H31NO2. The van der Waals surface area contributed by atoms with Gasteiger partial charge in [-0.2, -0.15) is 0 Å². The van der Waals surface area contributed by atoms with Crippen LogP contribution in [-0.4, -0.2) is 43.5 Å². The predicted molar refractivity (Wildman–Crippen MR) is 87.3 cm³/mol. The summed E-state index contributed by atoms with van der Waals surface area (Å²) in [7, 11) is 0. The van der Waals surface area contributed by atoms with E-state index in [9.17, 15) is 4.79 Å². The Bertz CT molecular complexity index is 324. The molecule has 1 heterocycles. The molecule has 1 aliphatic rings. The number of hydrogen-bond donors (Lipinski definition) is 0. The Kier molecular flexibility index (Phi) is 11.1. The second-order valence-electron chi connectivity index (χ2n) is 5.83. The zero-order chi connectivity index (χ0) is 15.2. The first-order valence-corrected chi connectivity index (χ1v) is 8.58. The highest BCUT2D eigenvalue weighted by Gasteiger charge is 2.08. The first kappa shape index (κ1) is 18.2. The smallest absolute Gasteiger partial charge is 0.207 e. The molecule has 0 spiro atoms. The lowest BCUT2D eigenvalue weighted by atomic mass is 10.1. The maximum Gasteiger partial charge on any atom is 0.207 e. The predicted octanol–water partition coefficient (Wildman–Crippen LogP) is 3.42. The third-order valence-corrected chi connectivity index (χ3v) is 3.95. The van der Waals surface area contributed by atoms with Crippen LogP contribution < -0.4 is 0 Å². The molecule has 0 N–H and O–H groups in total. The zero-order valence-electron chi connectivity index (χ0n) is 13.7. The van der Waals surface area contributed by atoms with E-state index >= 15 is 0 Å². The van der Waals surface area contributed by atoms with E-state index in [0.717, 1.165) is 13.0 Å². The molecule has 3 nitrogen and oxygen atoms in total. The van der Waals surface area contributed by atoms with Crippen LogP contribution in [0.25, 0.3) is 0 Å². The summed E-state index contributed by atoms with van der Waals surface area (Å²) < 4.78 is 5.46. The van der Waals surface area contributed by atoms with Gasteiger partial charge in [-0.25, -0.2) is 0 Å². The topological polar surface area (TPSA) is 29.5 Å². The lowest BCUT2D eigenvalue weighted by molar-refractivity contribution is -0.114. The Labute approximate surface area is 130 Å². The SMILES string of the molecule is CC#CC(=O)CCOCCCCCCCN1CCCCC1. The Hall–Kier alpha value is -0.850. The van der Waals surface area contributed by atoms with Crippen LogP contribution in [0.15, 0.2) is 0 Å². The van der Waals surface area contributed by atoms with Crippen LogP contribution in [0.3, 0.4) is 0 Å². The third kappa shape index (κ3) is 10.5. The number of carbonyl (C=O) groups excluding carboxylic acids is 1. The lowest BCUT2D eigenvalue weighted by Gasteiger charge is -2.26. The van der Waals surface area contributed by atoms with Crippen LogP contribution in [0.4, 0.5) is 0 Å². The van der Waals surface area contributed by atoms with Gasteiger partial charge in [0.25, 0.3) is 0 Å². The van der Waals surface area contributed by atoms with E-state index in [1.165, 1.54) is 64.6 Å². The molecule has 21 heavy (non-hydrogen) atoms. The highest BCUT2D eigenvalue weighted by Crippen LogP contribution is 2.10. The van der Waals surface area contributed by atoms with E-state index in [1.807, 2.05) is 0 Å². The van der Waals surface area contributed by atoms with Gasteiger partial charge in [-0.3, -0.25) is 4.79 Å². The summed E-state index contributed by atoms with van der Waals surface area (Å²) in [4.78, 5) is 13.7. The average Bonchev–Trinajstić information content (AvgIpc) is 2.50. The zero-order valence-corrected chi connectivity index (χ0v) is 13.7. The Morgan fingerprint density at radius 2 is 1.71 bits per heavy atom. The maximum absolute atomic E-state index is 11.1. The lowest BCUT2D eigenvalue weighted by Crippen LogP contribution is -2.30. The van der Waals surface area contributed by atoms with Crippen LogP contribution >= 0.6 is 0 Å². The van der Waals surface area contributed by atoms with Gasteiger partial charge in [0.05, 0.1) is 6.61 Å². The van der Waals surface area contributed by atoms with Crippen LogP contribution in [0, 0.1) is 11.8 Å². The van der Waals surface area contributed by atoms with E-state index in [1.54, 1.807) is 6.92 Å². The molecule has 1 aliphatic heterocycles. The number of likely N-dealkylation sites (tertiary alicyclic amines) is 1. The second-order valence-corrected chi connectivity index (χ2v) is 5.83. The molecule has 1 fully saturated rings. The summed E-state index contributed by atoms with van der Waals surface area (Å²) in [5.74, 6) is 5.12. The molecule has 1 saturated heterocycles. The molecule has 0 radical (unpaired) electrons. The standard InChI is InChI=1S/C18H31NO2/c1-2-11-18(20)12-17-21-16-10-5-3-4-7-13-19-14-8-6-9-15-19/h3-10,12-17H2,1H3. The normalized spacial score (nSPS) is 15.5. The number of hydrogen-bond acceptors (Lipinski definition) is 3. The average molecular weight is 293 g/mol. The van der Waals surface area contributed by atoms with Crippen molar-refractivity contribution in [2.24, 2.45) is 0 Å². The van der Waals surface area contributed by atoms with E-state index in [2.05, 4.69) is 16.7 Å². The number of ether oxygens (including phenoxy) is 1. The number of unbranched alkanes of at least 4 members (excludes halogenated alkanes) is 4. The van der Waals surface area contributed by atoms with Crippen LogP contribution in [0.2, 0.25) is 0 Å². The van der Waals surface area contributed by atoms with Crippen molar-refractivity contribution in [3.63, 3.8) is 0 Å². The minimum absolute atomic E-state index is 0.0183. The number of Topliss-reactive ketones (excluding diaryl/α,β-unsaturated/α-hetero) is 1. The molecule has 0 unspecified atom stereocenters. The van der Waals surface area contributed by atoms with Gasteiger partial charge < -0.3 is 9.64 Å². The van der Waals surface area contributed by atoms with Gasteiger partial charge in [0.2, 0.25) is 5.78 Å². The monoisotopic (exact) mass is 293 g/mol. The second kappa shape index (κ2) is 12.9. The number of rotatable bonds is 11. The summed E-state index contributed by atoms with van der Waals surface area (Å²) in [6.45, 7) is 6.90. The first-order chi connectivity index (χ1) is 10.3. The van der Waals surface area contributed by atoms with Gasteiger partial charge in [0, 0.05) is 13.0 Å². The third-order valence-electron chi connectivity index (χ3n) is 3.95. The highest BCUT2D eigenvalue weighted by molar-refractivity contribution is 5.95. The van der Waals surface area contributed by atoms with Gasteiger partial charge >= 0.3 is 0 Å². The number of piperidine rings is 1. The molecule has 0 amide bonds. The molecule has 1 rings (SSSR count). The van der Waals surface area contributed by atoms with E-state index in [0.29, 0.717) is 13.0 Å². The van der Waals surface area contributed by atoms with Crippen molar-refractivity contribution in [1.82, 2.24) is 4.90 Å². The van der Waals surface area contributed by atoms with E-state index < -0.39 is 0 Å². The van der Waals surface area contributed by atoms with Crippen molar-refractivity contribution in [3.05, 3.63) is 0 Å². The molecule has 0 aliphatic carbocycles. The highest BCUT2D eigenvalue weighted by atomic mass is 16.5. The van der Waals surface area contributed by atoms with Crippen molar-refractivity contribution in [1.29, 1.82) is 0 Å². The molecular weight excluding hydrogens is 262 g/mol. The minimum atomic E-state index is -0.0183. The summed E-state index contributed by atoms with van der Waals surface area (Å²) in [6.07, 6.45) is 11.0. The fourth-order valence-electron chi connectivity index (χ4n) is 2.72. The molecule has 0 aromatic heterocycles. The summed E-state index contributed by atoms with van der Waals surface area (Å²) in [5, 5.41) is 0. The largest absolute Gasteiger partial charge is 0.381 e. The Morgan fingerprint density at radius 3 is 2.48 bits per heavy atom. The van der Waals surface area contributed by atoms with Crippen LogP contribution in [-0.2, 0) is 9.53 Å². The molecule has 0 atom stereocenters. The molecule has 3 heteroatoms. The quantitative estimate of drug-likeness (QED) is 0.332. The fraction of sp³-hybridized carbons (Fsp3) is 0.833. The molecule has 0 aromatic rings. The van der Waals surface area contributed by atoms with Crippen molar-refractivity contribution in [2.75, 3.05) is 32.8 Å². The van der Waals surface area contributed by atoms with Crippen molar-refractivity contribution >= 4 is 5.78 Å². The minimum Gasteiger partial charge on any atom is -0.381 e.